The minimum atomic E-state index is 0.286. The molecule has 18 heavy (non-hydrogen) atoms. The van der Waals surface area contributed by atoms with Crippen LogP contribution >= 0.6 is 0 Å². The molecule has 2 fully saturated rings. The fraction of sp³-hybridized carbons (Fsp3) is 0.733. The van der Waals surface area contributed by atoms with Crippen molar-refractivity contribution in [3.63, 3.8) is 0 Å². The maximum Gasteiger partial charge on any atom is 0.0547 e. The van der Waals surface area contributed by atoms with E-state index in [9.17, 15) is 0 Å². The summed E-state index contributed by atoms with van der Waals surface area (Å²) >= 11 is 0. The molecule has 2 aliphatic rings. The first kappa shape index (κ1) is 13.8. The zero-order valence-electron chi connectivity index (χ0n) is 11.4. The second-order valence-electron chi connectivity index (χ2n) is 5.73. The monoisotopic (exact) mass is 250 g/mol. The molecule has 0 bridgehead atoms. The first-order valence-electron chi connectivity index (χ1n) is 7.03. The van der Waals surface area contributed by atoms with Crippen LogP contribution in [0.15, 0.2) is 25.3 Å². The molecule has 3 heteroatoms. The molecule has 1 unspecified atom stereocenters. The molecule has 1 heterocycles. The van der Waals surface area contributed by atoms with Gasteiger partial charge in [0, 0.05) is 44.2 Å². The van der Waals surface area contributed by atoms with Crippen molar-refractivity contribution in [1.29, 1.82) is 0 Å². The Morgan fingerprint density at radius 1 is 1.28 bits per heavy atom. The van der Waals surface area contributed by atoms with E-state index in [0.717, 1.165) is 51.9 Å². The van der Waals surface area contributed by atoms with Gasteiger partial charge < -0.3 is 10.1 Å². The molecule has 1 saturated carbocycles. The summed E-state index contributed by atoms with van der Waals surface area (Å²) in [6, 6.07) is 0.773. The van der Waals surface area contributed by atoms with E-state index < -0.39 is 0 Å². The molecule has 2 rings (SSSR count). The number of ether oxygens (including phenoxy) is 1. The summed E-state index contributed by atoms with van der Waals surface area (Å²) in [5, 5.41) is 3.67. The van der Waals surface area contributed by atoms with Gasteiger partial charge >= 0.3 is 0 Å². The Morgan fingerprint density at radius 3 is 2.50 bits per heavy atom. The normalized spacial score (nSPS) is 27.6. The van der Waals surface area contributed by atoms with E-state index in [4.69, 9.17) is 4.74 Å². The Balaban J connectivity index is 1.89. The minimum Gasteiger partial charge on any atom is -0.381 e. The SMILES string of the molecule is C=CCN(CC=C)CC1(CNC2CC2)CCOC1. The Labute approximate surface area is 111 Å². The second-order valence-corrected chi connectivity index (χ2v) is 5.73. The summed E-state index contributed by atoms with van der Waals surface area (Å²) in [6.45, 7) is 13.5. The Hall–Kier alpha value is -0.640. The van der Waals surface area contributed by atoms with Crippen molar-refractivity contribution in [2.45, 2.75) is 25.3 Å². The highest BCUT2D eigenvalue weighted by Gasteiger charge is 2.37. The second kappa shape index (κ2) is 6.50. The molecule has 1 aliphatic carbocycles. The highest BCUT2D eigenvalue weighted by atomic mass is 16.5. The van der Waals surface area contributed by atoms with E-state index in [-0.39, 0.29) is 5.41 Å². The molecule has 3 nitrogen and oxygen atoms in total. The van der Waals surface area contributed by atoms with Gasteiger partial charge in [-0.05, 0) is 19.3 Å². The smallest absolute Gasteiger partial charge is 0.0547 e. The first-order chi connectivity index (χ1) is 8.78. The highest BCUT2D eigenvalue weighted by molar-refractivity contribution is 4.94. The van der Waals surface area contributed by atoms with Crippen LogP contribution in [0.25, 0.3) is 0 Å². The third-order valence-electron chi connectivity index (χ3n) is 3.86. The maximum absolute atomic E-state index is 5.65. The topological polar surface area (TPSA) is 24.5 Å². The standard InChI is InChI=1S/C15H26N2O/c1-3-8-17(9-4-2)12-15(7-10-18-13-15)11-16-14-5-6-14/h3-4,14,16H,1-2,5-13H2. The first-order valence-corrected chi connectivity index (χ1v) is 7.03. The average molecular weight is 250 g/mol. The van der Waals surface area contributed by atoms with Crippen molar-refractivity contribution >= 4 is 0 Å². The lowest BCUT2D eigenvalue weighted by atomic mass is 9.86. The molecule has 0 aromatic carbocycles. The number of rotatable bonds is 9. The predicted octanol–water partition coefficient (Wildman–Crippen LogP) is 1.82. The van der Waals surface area contributed by atoms with Crippen LogP contribution in [0.4, 0.5) is 0 Å². The third-order valence-corrected chi connectivity index (χ3v) is 3.86. The summed E-state index contributed by atoms with van der Waals surface area (Å²) in [5.41, 5.74) is 0.286. The molecule has 0 spiro atoms. The quantitative estimate of drug-likeness (QED) is 0.632. The van der Waals surface area contributed by atoms with Gasteiger partial charge in [-0.3, -0.25) is 4.90 Å². The lowest BCUT2D eigenvalue weighted by Crippen LogP contribution is -2.45. The molecule has 0 amide bonds. The van der Waals surface area contributed by atoms with Crippen LogP contribution in [-0.2, 0) is 4.74 Å². The van der Waals surface area contributed by atoms with Gasteiger partial charge in [0.05, 0.1) is 6.61 Å². The van der Waals surface area contributed by atoms with Gasteiger partial charge in [0.25, 0.3) is 0 Å². The van der Waals surface area contributed by atoms with Crippen molar-refractivity contribution in [2.75, 3.05) is 39.4 Å². The average Bonchev–Trinajstić information content (AvgIpc) is 3.08. The predicted molar refractivity (Wildman–Crippen MR) is 75.7 cm³/mol. The van der Waals surface area contributed by atoms with E-state index in [1.807, 2.05) is 12.2 Å². The molecule has 0 aromatic rings. The minimum absolute atomic E-state index is 0.286. The van der Waals surface area contributed by atoms with Crippen LogP contribution in [0.2, 0.25) is 0 Å². The summed E-state index contributed by atoms with van der Waals surface area (Å²) in [4.78, 5) is 2.41. The van der Waals surface area contributed by atoms with Crippen LogP contribution in [0.1, 0.15) is 19.3 Å². The number of nitrogens with zero attached hydrogens (tertiary/aromatic N) is 1. The molecule has 1 saturated heterocycles. The molecule has 0 aromatic heterocycles. The van der Waals surface area contributed by atoms with Gasteiger partial charge in [0.15, 0.2) is 0 Å². The van der Waals surface area contributed by atoms with Crippen molar-refractivity contribution < 1.29 is 4.74 Å². The summed E-state index contributed by atoms with van der Waals surface area (Å²) in [6.07, 6.45) is 7.81. The van der Waals surface area contributed by atoms with E-state index in [2.05, 4.69) is 23.4 Å². The van der Waals surface area contributed by atoms with Crippen LogP contribution < -0.4 is 5.32 Å². The number of hydrogen-bond acceptors (Lipinski definition) is 3. The van der Waals surface area contributed by atoms with E-state index in [0.29, 0.717) is 0 Å². The van der Waals surface area contributed by atoms with Crippen molar-refractivity contribution in [3.05, 3.63) is 25.3 Å². The van der Waals surface area contributed by atoms with Crippen LogP contribution in [0, 0.1) is 5.41 Å². The van der Waals surface area contributed by atoms with Gasteiger partial charge in [-0.25, -0.2) is 0 Å². The van der Waals surface area contributed by atoms with Gasteiger partial charge in [-0.2, -0.15) is 0 Å². The number of nitrogens with one attached hydrogen (secondary N) is 1. The zero-order valence-corrected chi connectivity index (χ0v) is 11.4. The molecule has 1 atom stereocenters. The molecule has 1 N–H and O–H groups in total. The van der Waals surface area contributed by atoms with Gasteiger partial charge in [0.2, 0.25) is 0 Å². The fourth-order valence-electron chi connectivity index (χ4n) is 2.66. The fourth-order valence-corrected chi connectivity index (χ4v) is 2.66. The summed E-state index contributed by atoms with van der Waals surface area (Å²) in [5.74, 6) is 0. The Morgan fingerprint density at radius 2 is 2.00 bits per heavy atom. The lowest BCUT2D eigenvalue weighted by molar-refractivity contribution is 0.117. The lowest BCUT2D eigenvalue weighted by Gasteiger charge is -2.33. The molecule has 0 radical (unpaired) electrons. The summed E-state index contributed by atoms with van der Waals surface area (Å²) in [7, 11) is 0. The third kappa shape index (κ3) is 3.94. The van der Waals surface area contributed by atoms with E-state index in [1.54, 1.807) is 0 Å². The molecule has 102 valence electrons. The Kier molecular flexibility index (Phi) is 4.98. The van der Waals surface area contributed by atoms with Crippen molar-refractivity contribution in [1.82, 2.24) is 10.2 Å². The van der Waals surface area contributed by atoms with Crippen molar-refractivity contribution in [3.8, 4) is 0 Å². The van der Waals surface area contributed by atoms with Crippen molar-refractivity contribution in [2.24, 2.45) is 5.41 Å². The Bertz CT molecular complexity index is 270. The zero-order chi connectivity index (χ0) is 12.8. The summed E-state index contributed by atoms with van der Waals surface area (Å²) < 4.78 is 5.65. The van der Waals surface area contributed by atoms with Crippen LogP contribution in [-0.4, -0.2) is 50.3 Å². The highest BCUT2D eigenvalue weighted by Crippen LogP contribution is 2.31. The van der Waals surface area contributed by atoms with Crippen LogP contribution in [0.3, 0.4) is 0 Å². The maximum atomic E-state index is 5.65. The van der Waals surface area contributed by atoms with E-state index >= 15 is 0 Å². The largest absolute Gasteiger partial charge is 0.381 e. The molecule has 1 aliphatic heterocycles. The molecular formula is C15H26N2O. The van der Waals surface area contributed by atoms with Gasteiger partial charge in [-0.15, -0.1) is 13.2 Å². The van der Waals surface area contributed by atoms with Crippen LogP contribution in [0.5, 0.6) is 0 Å². The molecular weight excluding hydrogens is 224 g/mol. The van der Waals surface area contributed by atoms with E-state index in [1.165, 1.54) is 12.8 Å². The number of hydrogen-bond donors (Lipinski definition) is 1. The van der Waals surface area contributed by atoms with Gasteiger partial charge in [-0.1, -0.05) is 12.2 Å². The van der Waals surface area contributed by atoms with Gasteiger partial charge in [0.1, 0.15) is 0 Å².